The van der Waals surface area contributed by atoms with Crippen LogP contribution in [0.1, 0.15) is 0 Å². The van der Waals surface area contributed by atoms with E-state index in [0.717, 1.165) is 16.3 Å². The quantitative estimate of drug-likeness (QED) is 0.615. The van der Waals surface area contributed by atoms with Crippen LogP contribution in [0.25, 0.3) is 21.8 Å². The molecule has 0 aliphatic carbocycles. The third-order valence-electron chi connectivity index (χ3n) is 3.39. The van der Waals surface area contributed by atoms with E-state index < -0.39 is 5.69 Å². The molecule has 0 saturated heterocycles. The molecule has 106 valence electrons. The van der Waals surface area contributed by atoms with E-state index in [0.29, 0.717) is 11.3 Å². The Balaban J connectivity index is 1.83. The molecule has 0 amide bonds. The highest BCUT2D eigenvalue weighted by Crippen LogP contribution is 2.27. The number of aromatic nitrogens is 3. The number of aromatic amines is 1. The van der Waals surface area contributed by atoms with Gasteiger partial charge in [0.05, 0.1) is 16.4 Å². The van der Waals surface area contributed by atoms with E-state index >= 15 is 0 Å². The van der Waals surface area contributed by atoms with Gasteiger partial charge in [0.1, 0.15) is 5.75 Å². The first-order valence-corrected chi connectivity index (χ1v) is 6.81. The van der Waals surface area contributed by atoms with Crippen molar-refractivity contribution < 1.29 is 4.74 Å². The predicted molar refractivity (Wildman–Crippen MR) is 84.2 cm³/mol. The Morgan fingerprint density at radius 1 is 1.00 bits per heavy atom. The van der Waals surface area contributed by atoms with Crippen molar-refractivity contribution in [1.29, 1.82) is 0 Å². The highest BCUT2D eigenvalue weighted by molar-refractivity contribution is 5.84. The Bertz CT molecular complexity index is 1040. The van der Waals surface area contributed by atoms with Gasteiger partial charge >= 0.3 is 5.69 Å². The van der Waals surface area contributed by atoms with Crippen molar-refractivity contribution in [3.8, 4) is 11.6 Å². The van der Waals surface area contributed by atoms with Crippen molar-refractivity contribution in [3.63, 3.8) is 0 Å². The van der Waals surface area contributed by atoms with Gasteiger partial charge in [-0.1, -0.05) is 18.2 Å². The van der Waals surface area contributed by atoms with Gasteiger partial charge < -0.3 is 9.72 Å². The predicted octanol–water partition coefficient (Wildman–Crippen LogP) is 3.26. The largest absolute Gasteiger partial charge is 0.438 e. The molecule has 2 aromatic carbocycles. The monoisotopic (exact) mass is 289 g/mol. The zero-order valence-corrected chi connectivity index (χ0v) is 11.5. The Morgan fingerprint density at radius 2 is 1.91 bits per heavy atom. The van der Waals surface area contributed by atoms with Gasteiger partial charge in [-0.15, -0.1) is 0 Å². The molecule has 5 heteroatoms. The molecule has 0 unspecified atom stereocenters. The molecule has 0 fully saturated rings. The lowest BCUT2D eigenvalue weighted by Crippen LogP contribution is -2.11. The van der Waals surface area contributed by atoms with E-state index in [4.69, 9.17) is 4.74 Å². The molecule has 0 bridgehead atoms. The molecule has 0 atom stereocenters. The van der Waals surface area contributed by atoms with Crippen LogP contribution in [0.5, 0.6) is 11.6 Å². The molecule has 22 heavy (non-hydrogen) atoms. The maximum atomic E-state index is 11.6. The Hall–Kier alpha value is -3.21. The fourth-order valence-corrected chi connectivity index (χ4v) is 2.37. The number of hydrogen-bond acceptors (Lipinski definition) is 4. The Morgan fingerprint density at radius 3 is 2.86 bits per heavy atom. The lowest BCUT2D eigenvalue weighted by molar-refractivity contribution is 0.467. The molecule has 0 spiro atoms. The molecular weight excluding hydrogens is 278 g/mol. The number of H-pyrrole nitrogens is 1. The lowest BCUT2D eigenvalue weighted by Gasteiger charge is -2.07. The second-order valence-corrected chi connectivity index (χ2v) is 4.85. The molecule has 0 aliphatic rings. The van der Waals surface area contributed by atoms with Crippen LogP contribution in [-0.2, 0) is 0 Å². The van der Waals surface area contributed by atoms with Crippen LogP contribution in [0.4, 0.5) is 0 Å². The summed E-state index contributed by atoms with van der Waals surface area (Å²) in [6.07, 6.45) is 1.73. The molecule has 5 nitrogen and oxygen atoms in total. The van der Waals surface area contributed by atoms with E-state index in [2.05, 4.69) is 15.0 Å². The molecule has 1 N–H and O–H groups in total. The number of nitrogens with zero attached hydrogens (tertiary/aromatic N) is 2. The van der Waals surface area contributed by atoms with Gasteiger partial charge in [0.2, 0.25) is 5.88 Å². The number of nitrogens with one attached hydrogen (secondary N) is 1. The maximum Gasteiger partial charge on any atom is 0.348 e. The minimum atomic E-state index is -0.437. The van der Waals surface area contributed by atoms with Crippen LogP contribution in [0.2, 0.25) is 0 Å². The van der Waals surface area contributed by atoms with E-state index in [1.165, 1.54) is 0 Å². The first-order chi connectivity index (χ1) is 10.8. The first-order valence-electron chi connectivity index (χ1n) is 6.81. The minimum Gasteiger partial charge on any atom is -0.438 e. The number of pyridine rings is 1. The van der Waals surface area contributed by atoms with Gasteiger partial charge in [0, 0.05) is 17.6 Å². The van der Waals surface area contributed by atoms with Crippen LogP contribution in [0, 0.1) is 0 Å². The van der Waals surface area contributed by atoms with E-state index in [9.17, 15) is 4.79 Å². The second-order valence-electron chi connectivity index (χ2n) is 4.85. The van der Waals surface area contributed by atoms with Crippen LogP contribution in [0.15, 0.2) is 65.6 Å². The van der Waals surface area contributed by atoms with Crippen molar-refractivity contribution in [2.75, 3.05) is 0 Å². The van der Waals surface area contributed by atoms with Crippen molar-refractivity contribution >= 4 is 21.8 Å². The molecule has 4 rings (SSSR count). The van der Waals surface area contributed by atoms with Gasteiger partial charge in [-0.2, -0.15) is 4.98 Å². The van der Waals surface area contributed by atoms with E-state index in [1.54, 1.807) is 6.20 Å². The fourth-order valence-electron chi connectivity index (χ4n) is 2.37. The van der Waals surface area contributed by atoms with Crippen molar-refractivity contribution in [2.24, 2.45) is 0 Å². The molecule has 4 aromatic rings. The van der Waals surface area contributed by atoms with Crippen LogP contribution in [-0.4, -0.2) is 15.0 Å². The number of ether oxygens (including phenoxy) is 1. The van der Waals surface area contributed by atoms with E-state index in [-0.39, 0.29) is 5.88 Å². The van der Waals surface area contributed by atoms with Gasteiger partial charge in [0.15, 0.2) is 0 Å². The minimum absolute atomic E-state index is 0.287. The summed E-state index contributed by atoms with van der Waals surface area (Å²) in [6.45, 7) is 0. The summed E-state index contributed by atoms with van der Waals surface area (Å²) in [5.74, 6) is 0.879. The summed E-state index contributed by atoms with van der Waals surface area (Å²) in [5, 5.41) is 1.78. The number of benzene rings is 2. The van der Waals surface area contributed by atoms with Gasteiger partial charge in [-0.3, -0.25) is 4.98 Å². The maximum absolute atomic E-state index is 11.6. The van der Waals surface area contributed by atoms with Crippen molar-refractivity contribution in [2.45, 2.75) is 0 Å². The van der Waals surface area contributed by atoms with Crippen LogP contribution in [0.3, 0.4) is 0 Å². The summed E-state index contributed by atoms with van der Waals surface area (Å²) in [6, 6.07) is 16.8. The zero-order chi connectivity index (χ0) is 14.9. The highest BCUT2D eigenvalue weighted by atomic mass is 16.5. The lowest BCUT2D eigenvalue weighted by atomic mass is 10.2. The fraction of sp³-hybridized carbons (Fsp3) is 0. The summed E-state index contributed by atoms with van der Waals surface area (Å²) in [5.41, 5.74) is 1.08. The third-order valence-corrected chi connectivity index (χ3v) is 3.39. The van der Waals surface area contributed by atoms with Crippen molar-refractivity contribution in [1.82, 2.24) is 15.0 Å². The van der Waals surface area contributed by atoms with E-state index in [1.807, 2.05) is 54.6 Å². The second kappa shape index (κ2) is 4.96. The van der Waals surface area contributed by atoms with Crippen LogP contribution < -0.4 is 10.4 Å². The number of fused-ring (bicyclic) bond motifs is 2. The number of hydrogen-bond donors (Lipinski definition) is 1. The zero-order valence-electron chi connectivity index (χ0n) is 11.5. The Labute approximate surface area is 125 Å². The molecule has 0 aliphatic heterocycles. The topological polar surface area (TPSA) is 67.9 Å². The molecule has 2 heterocycles. The van der Waals surface area contributed by atoms with Gasteiger partial charge in [-0.05, 0) is 30.3 Å². The Kier molecular flexibility index (Phi) is 2.83. The standard InChI is InChI=1S/C17H11N3O2/c21-17-19-14-6-2-1-5-13(14)16(20-17)22-12-8-7-11-4-3-9-18-15(11)10-12/h1-10H,(H,19,20,21). The SMILES string of the molecule is O=c1nc(Oc2ccc3cccnc3c2)c2ccccc2[nH]1. The molecular formula is C17H11N3O2. The van der Waals surface area contributed by atoms with Crippen LogP contribution >= 0.6 is 0 Å². The summed E-state index contributed by atoms with van der Waals surface area (Å²) >= 11 is 0. The molecule has 2 aromatic heterocycles. The average Bonchev–Trinajstić information content (AvgIpc) is 2.54. The number of rotatable bonds is 2. The van der Waals surface area contributed by atoms with Gasteiger partial charge in [0.25, 0.3) is 0 Å². The van der Waals surface area contributed by atoms with Crippen molar-refractivity contribution in [3.05, 3.63) is 71.3 Å². The summed E-state index contributed by atoms with van der Waals surface area (Å²) in [7, 11) is 0. The summed E-state index contributed by atoms with van der Waals surface area (Å²) in [4.78, 5) is 22.6. The number of para-hydroxylation sites is 1. The molecule has 0 saturated carbocycles. The van der Waals surface area contributed by atoms with Gasteiger partial charge in [-0.25, -0.2) is 4.79 Å². The highest BCUT2D eigenvalue weighted by Gasteiger charge is 2.07. The first kappa shape index (κ1) is 12.5. The smallest absolute Gasteiger partial charge is 0.348 e. The molecule has 0 radical (unpaired) electrons. The average molecular weight is 289 g/mol. The summed E-state index contributed by atoms with van der Waals surface area (Å²) < 4.78 is 5.81. The normalized spacial score (nSPS) is 10.9. The third kappa shape index (κ3) is 2.18.